The second kappa shape index (κ2) is 5.96. The number of hydroxylamine groups is 1. The maximum absolute atomic E-state index is 13.5. The zero-order valence-electron chi connectivity index (χ0n) is 11.2. The molecule has 0 fully saturated rings. The van der Waals surface area contributed by atoms with E-state index in [4.69, 9.17) is 5.21 Å². The van der Waals surface area contributed by atoms with E-state index in [1.165, 1.54) is 0 Å². The summed E-state index contributed by atoms with van der Waals surface area (Å²) in [6.07, 6.45) is 0.492. The number of rotatable bonds is 4. The molecule has 1 aromatic rings. The van der Waals surface area contributed by atoms with Crippen molar-refractivity contribution in [2.45, 2.75) is 34.1 Å². The van der Waals surface area contributed by atoms with Crippen LogP contribution in [-0.4, -0.2) is 11.1 Å². The zero-order valence-corrected chi connectivity index (χ0v) is 11.2. The minimum Gasteiger partial charge on any atom is -0.289 e. The molecule has 0 unspecified atom stereocenters. The second-order valence-corrected chi connectivity index (χ2v) is 5.07. The van der Waals surface area contributed by atoms with Crippen LogP contribution in [0.1, 0.15) is 30.5 Å². The summed E-state index contributed by atoms with van der Waals surface area (Å²) in [7, 11) is 0. The molecular weight excluding hydrogens is 233 g/mol. The number of amides is 1. The van der Waals surface area contributed by atoms with Crippen LogP contribution in [0.3, 0.4) is 0 Å². The molecule has 0 saturated heterocycles. The van der Waals surface area contributed by atoms with Crippen LogP contribution in [0.2, 0.25) is 0 Å². The van der Waals surface area contributed by atoms with Crippen LogP contribution >= 0.6 is 0 Å². The van der Waals surface area contributed by atoms with Gasteiger partial charge in [0.2, 0.25) is 5.91 Å². The van der Waals surface area contributed by atoms with Gasteiger partial charge in [-0.25, -0.2) is 9.87 Å². The molecule has 1 rings (SSSR count). The van der Waals surface area contributed by atoms with Crippen molar-refractivity contribution in [3.8, 4) is 0 Å². The first kappa shape index (κ1) is 14.6. The monoisotopic (exact) mass is 253 g/mol. The molecule has 0 spiro atoms. The second-order valence-electron chi connectivity index (χ2n) is 5.07. The van der Waals surface area contributed by atoms with Crippen molar-refractivity contribution in [2.75, 3.05) is 0 Å². The molecule has 0 aliphatic rings. The maximum atomic E-state index is 13.5. The number of carbonyl (C=O) groups excluding carboxylic acids is 1. The van der Waals surface area contributed by atoms with Gasteiger partial charge in [-0.15, -0.1) is 0 Å². The summed E-state index contributed by atoms with van der Waals surface area (Å²) >= 11 is 0. The Kier molecular flexibility index (Phi) is 4.84. The lowest BCUT2D eigenvalue weighted by atomic mass is 9.87. The molecule has 3 nitrogen and oxygen atoms in total. The van der Waals surface area contributed by atoms with Crippen LogP contribution < -0.4 is 5.48 Å². The number of carbonyl (C=O) groups is 1. The molecule has 0 heterocycles. The van der Waals surface area contributed by atoms with Crippen molar-refractivity contribution < 1.29 is 14.4 Å². The molecule has 0 radical (unpaired) electrons. The van der Waals surface area contributed by atoms with Gasteiger partial charge in [0.1, 0.15) is 5.82 Å². The Bertz CT molecular complexity index is 420. The van der Waals surface area contributed by atoms with Crippen molar-refractivity contribution in [3.63, 3.8) is 0 Å². The molecule has 100 valence electrons. The number of hydrogen-bond donors (Lipinski definition) is 2. The van der Waals surface area contributed by atoms with Crippen LogP contribution in [0.25, 0.3) is 0 Å². The van der Waals surface area contributed by atoms with Crippen LogP contribution in [-0.2, 0) is 11.2 Å². The van der Waals surface area contributed by atoms with Crippen molar-refractivity contribution >= 4 is 5.91 Å². The van der Waals surface area contributed by atoms with Crippen molar-refractivity contribution in [1.82, 2.24) is 5.48 Å². The Morgan fingerprint density at radius 1 is 1.33 bits per heavy atom. The van der Waals surface area contributed by atoms with E-state index in [0.717, 1.165) is 5.56 Å². The van der Waals surface area contributed by atoms with Gasteiger partial charge in [0.25, 0.3) is 0 Å². The molecule has 0 aromatic heterocycles. The largest absolute Gasteiger partial charge is 0.289 e. The molecule has 18 heavy (non-hydrogen) atoms. The molecule has 2 N–H and O–H groups in total. The fourth-order valence-electron chi connectivity index (χ4n) is 2.12. The first-order chi connectivity index (χ1) is 8.36. The highest BCUT2D eigenvalue weighted by Crippen LogP contribution is 2.21. The summed E-state index contributed by atoms with van der Waals surface area (Å²) in [6, 6.07) is 3.50. The van der Waals surface area contributed by atoms with Gasteiger partial charge in [0.05, 0.1) is 0 Å². The highest BCUT2D eigenvalue weighted by atomic mass is 19.1. The predicted molar refractivity (Wildman–Crippen MR) is 67.8 cm³/mol. The van der Waals surface area contributed by atoms with Crippen LogP contribution in [0, 0.1) is 31.5 Å². The van der Waals surface area contributed by atoms with E-state index >= 15 is 0 Å². The smallest absolute Gasteiger partial charge is 0.247 e. The summed E-state index contributed by atoms with van der Waals surface area (Å²) in [4.78, 5) is 11.6. The third-order valence-electron chi connectivity index (χ3n) is 3.20. The molecule has 0 aliphatic carbocycles. The van der Waals surface area contributed by atoms with Gasteiger partial charge in [-0.2, -0.15) is 0 Å². The number of nitrogens with one attached hydrogen (secondary N) is 1. The average Bonchev–Trinajstić information content (AvgIpc) is 2.31. The summed E-state index contributed by atoms with van der Waals surface area (Å²) in [6.45, 7) is 7.26. The lowest BCUT2D eigenvalue weighted by molar-refractivity contribution is -0.134. The molecule has 0 bridgehead atoms. The fraction of sp³-hybridized carbons (Fsp3) is 0.500. The van der Waals surface area contributed by atoms with E-state index in [9.17, 15) is 9.18 Å². The standard InChI is InChI=1S/C14H20FNO2/c1-8(2)12(14(17)16-18)7-11-5-9(3)13(15)10(4)6-11/h5-6,8,12,18H,7H2,1-4H3,(H,16,17)/t12-/m0/s1. The van der Waals surface area contributed by atoms with E-state index < -0.39 is 5.91 Å². The Hall–Kier alpha value is -1.42. The van der Waals surface area contributed by atoms with E-state index in [2.05, 4.69) is 0 Å². The minimum atomic E-state index is -0.398. The summed E-state index contributed by atoms with van der Waals surface area (Å²) in [5.41, 5.74) is 3.77. The molecule has 1 aromatic carbocycles. The van der Waals surface area contributed by atoms with Gasteiger partial charge in [0.15, 0.2) is 0 Å². The first-order valence-corrected chi connectivity index (χ1v) is 6.06. The molecule has 0 aliphatic heterocycles. The number of benzene rings is 1. The van der Waals surface area contributed by atoms with Crippen molar-refractivity contribution in [3.05, 3.63) is 34.6 Å². The molecule has 1 amide bonds. The first-order valence-electron chi connectivity index (χ1n) is 6.06. The fourth-order valence-corrected chi connectivity index (χ4v) is 2.12. The third kappa shape index (κ3) is 3.29. The highest BCUT2D eigenvalue weighted by Gasteiger charge is 2.22. The van der Waals surface area contributed by atoms with E-state index in [-0.39, 0.29) is 17.7 Å². The van der Waals surface area contributed by atoms with Gasteiger partial charge in [-0.3, -0.25) is 10.0 Å². The Morgan fingerprint density at radius 2 is 1.83 bits per heavy atom. The predicted octanol–water partition coefficient (Wildman–Crippen LogP) is 2.76. The molecule has 1 atom stereocenters. The lowest BCUT2D eigenvalue weighted by Crippen LogP contribution is -2.32. The van der Waals surface area contributed by atoms with Crippen molar-refractivity contribution in [2.24, 2.45) is 11.8 Å². The summed E-state index contributed by atoms with van der Waals surface area (Å²) < 4.78 is 13.5. The van der Waals surface area contributed by atoms with Crippen LogP contribution in [0.5, 0.6) is 0 Å². The van der Waals surface area contributed by atoms with Crippen LogP contribution in [0.4, 0.5) is 4.39 Å². The quantitative estimate of drug-likeness (QED) is 0.640. The number of aryl methyl sites for hydroxylation is 2. The number of halogens is 1. The van der Waals surface area contributed by atoms with Gasteiger partial charge >= 0.3 is 0 Å². The van der Waals surface area contributed by atoms with E-state index in [1.807, 2.05) is 13.8 Å². The Labute approximate surface area is 107 Å². The Morgan fingerprint density at radius 3 is 2.22 bits per heavy atom. The zero-order chi connectivity index (χ0) is 13.9. The summed E-state index contributed by atoms with van der Waals surface area (Å²) in [5.74, 6) is -0.821. The number of hydrogen-bond acceptors (Lipinski definition) is 2. The van der Waals surface area contributed by atoms with Gasteiger partial charge in [-0.05, 0) is 42.9 Å². The highest BCUT2D eigenvalue weighted by molar-refractivity contribution is 5.78. The average molecular weight is 253 g/mol. The molecule has 0 saturated carbocycles. The van der Waals surface area contributed by atoms with Crippen molar-refractivity contribution in [1.29, 1.82) is 0 Å². The molecule has 4 heteroatoms. The van der Waals surface area contributed by atoms with E-state index in [1.54, 1.807) is 31.5 Å². The maximum Gasteiger partial charge on any atom is 0.247 e. The third-order valence-corrected chi connectivity index (χ3v) is 3.20. The lowest BCUT2D eigenvalue weighted by Gasteiger charge is -2.19. The van der Waals surface area contributed by atoms with Gasteiger partial charge in [-0.1, -0.05) is 26.0 Å². The Balaban J connectivity index is 2.98. The normalized spacial score (nSPS) is 12.6. The van der Waals surface area contributed by atoms with Gasteiger partial charge in [0, 0.05) is 5.92 Å². The topological polar surface area (TPSA) is 49.3 Å². The van der Waals surface area contributed by atoms with Crippen LogP contribution in [0.15, 0.2) is 12.1 Å². The van der Waals surface area contributed by atoms with Gasteiger partial charge < -0.3 is 0 Å². The minimum absolute atomic E-state index is 0.0998. The van der Waals surface area contributed by atoms with E-state index in [0.29, 0.717) is 17.5 Å². The summed E-state index contributed by atoms with van der Waals surface area (Å²) in [5, 5.41) is 8.73. The molecular formula is C14H20FNO2. The SMILES string of the molecule is Cc1cc(C[C@H](C(=O)NO)C(C)C)cc(C)c1F.